The maximum Gasteiger partial charge on any atom is 0.305 e. The summed E-state index contributed by atoms with van der Waals surface area (Å²) in [5.74, 6) is 1.44. The summed E-state index contributed by atoms with van der Waals surface area (Å²) in [5.41, 5.74) is 1.15. The Kier molecular flexibility index (Phi) is 5.24. The van der Waals surface area contributed by atoms with Crippen molar-refractivity contribution in [2.45, 2.75) is 25.8 Å². The van der Waals surface area contributed by atoms with E-state index in [1.54, 1.807) is 0 Å². The average Bonchev–Trinajstić information content (AvgIpc) is 2.50. The van der Waals surface area contributed by atoms with Gasteiger partial charge in [0.2, 0.25) is 0 Å². The topological polar surface area (TPSA) is 56.8 Å². The fraction of sp³-hybridized carbons (Fsp3) is 0.533. The molecule has 1 atom stereocenters. The third-order valence-corrected chi connectivity index (χ3v) is 3.30. The highest BCUT2D eigenvalue weighted by Crippen LogP contribution is 2.32. The summed E-state index contributed by atoms with van der Waals surface area (Å²) in [5, 5.41) is 3.38. The Labute approximate surface area is 119 Å². The number of hydrogen-bond acceptors (Lipinski definition) is 5. The van der Waals surface area contributed by atoms with Gasteiger partial charge in [-0.25, -0.2) is 0 Å². The Morgan fingerprint density at radius 2 is 2.10 bits per heavy atom. The highest BCUT2D eigenvalue weighted by atomic mass is 16.6. The van der Waals surface area contributed by atoms with E-state index in [2.05, 4.69) is 17.0 Å². The van der Waals surface area contributed by atoms with Crippen molar-refractivity contribution in [3.63, 3.8) is 0 Å². The normalized spacial score (nSPS) is 14.7. The number of ether oxygens (including phenoxy) is 3. The molecule has 0 radical (unpaired) electrons. The number of fused-ring (bicyclic) bond motifs is 1. The third kappa shape index (κ3) is 3.87. The summed E-state index contributed by atoms with van der Waals surface area (Å²) in [6, 6.07) is 6.18. The van der Waals surface area contributed by atoms with E-state index in [1.165, 1.54) is 7.11 Å². The van der Waals surface area contributed by atoms with Gasteiger partial charge in [0.25, 0.3) is 0 Å². The second kappa shape index (κ2) is 7.14. The highest BCUT2D eigenvalue weighted by molar-refractivity contribution is 5.69. The van der Waals surface area contributed by atoms with Gasteiger partial charge in [0.05, 0.1) is 7.11 Å². The monoisotopic (exact) mass is 279 g/mol. The van der Waals surface area contributed by atoms with Crippen LogP contribution in [0.15, 0.2) is 18.2 Å². The Hall–Kier alpha value is -1.75. The van der Waals surface area contributed by atoms with E-state index in [0.717, 1.165) is 30.0 Å². The van der Waals surface area contributed by atoms with Gasteiger partial charge in [-0.1, -0.05) is 6.07 Å². The van der Waals surface area contributed by atoms with Crippen molar-refractivity contribution in [1.29, 1.82) is 0 Å². The zero-order chi connectivity index (χ0) is 14.4. The van der Waals surface area contributed by atoms with E-state index in [4.69, 9.17) is 9.47 Å². The molecular weight excluding hydrogens is 258 g/mol. The second-order valence-corrected chi connectivity index (χ2v) is 4.76. The molecule has 2 rings (SSSR count). The maximum atomic E-state index is 11.0. The van der Waals surface area contributed by atoms with Crippen LogP contribution in [-0.4, -0.2) is 32.8 Å². The summed E-state index contributed by atoms with van der Waals surface area (Å²) >= 11 is 0. The minimum absolute atomic E-state index is 0.168. The van der Waals surface area contributed by atoms with Crippen molar-refractivity contribution in [3.8, 4) is 11.5 Å². The first-order valence-electron chi connectivity index (χ1n) is 6.90. The minimum Gasteiger partial charge on any atom is -0.486 e. The van der Waals surface area contributed by atoms with E-state index < -0.39 is 0 Å². The molecule has 110 valence electrons. The van der Waals surface area contributed by atoms with Crippen LogP contribution in [0.25, 0.3) is 0 Å². The molecule has 5 nitrogen and oxygen atoms in total. The summed E-state index contributed by atoms with van der Waals surface area (Å²) < 4.78 is 15.7. The Bertz CT molecular complexity index is 461. The molecule has 1 N–H and O–H groups in total. The van der Waals surface area contributed by atoms with Crippen molar-refractivity contribution in [3.05, 3.63) is 23.8 Å². The molecule has 1 unspecified atom stereocenters. The number of esters is 1. The lowest BCUT2D eigenvalue weighted by molar-refractivity contribution is -0.140. The molecule has 0 spiro atoms. The molecule has 1 aliphatic heterocycles. The van der Waals surface area contributed by atoms with Crippen molar-refractivity contribution in [2.75, 3.05) is 26.9 Å². The molecule has 1 aliphatic rings. The largest absolute Gasteiger partial charge is 0.486 e. The summed E-state index contributed by atoms with van der Waals surface area (Å²) in [6.45, 7) is 4.05. The molecule has 5 heteroatoms. The maximum absolute atomic E-state index is 11.0. The molecule has 0 saturated heterocycles. The van der Waals surface area contributed by atoms with E-state index in [1.807, 2.05) is 18.2 Å². The summed E-state index contributed by atoms with van der Waals surface area (Å²) in [6.07, 6.45) is 1.21. The van der Waals surface area contributed by atoms with E-state index in [0.29, 0.717) is 19.6 Å². The molecule has 1 aromatic carbocycles. The van der Waals surface area contributed by atoms with E-state index in [-0.39, 0.29) is 12.0 Å². The molecular formula is C15H21NO4. The van der Waals surface area contributed by atoms with Crippen molar-refractivity contribution in [1.82, 2.24) is 5.32 Å². The number of carbonyl (C=O) groups is 1. The molecule has 0 saturated carbocycles. The first kappa shape index (κ1) is 14.7. The van der Waals surface area contributed by atoms with Gasteiger partial charge in [0.1, 0.15) is 13.2 Å². The fourth-order valence-electron chi connectivity index (χ4n) is 2.10. The predicted octanol–water partition coefficient (Wildman–Crippen LogP) is 2.06. The van der Waals surface area contributed by atoms with E-state index in [9.17, 15) is 4.79 Å². The predicted molar refractivity (Wildman–Crippen MR) is 75.1 cm³/mol. The van der Waals surface area contributed by atoms with Crippen molar-refractivity contribution < 1.29 is 19.0 Å². The number of hydrogen-bond donors (Lipinski definition) is 1. The lowest BCUT2D eigenvalue weighted by atomic mass is 10.1. The fourth-order valence-corrected chi connectivity index (χ4v) is 2.10. The van der Waals surface area contributed by atoms with Gasteiger partial charge in [-0.15, -0.1) is 0 Å². The molecule has 1 heterocycles. The van der Waals surface area contributed by atoms with Crippen LogP contribution >= 0.6 is 0 Å². The molecule has 0 fully saturated rings. The van der Waals surface area contributed by atoms with Crippen LogP contribution in [0.4, 0.5) is 0 Å². The summed E-state index contributed by atoms with van der Waals surface area (Å²) in [7, 11) is 1.41. The van der Waals surface area contributed by atoms with Gasteiger partial charge in [-0.05, 0) is 37.6 Å². The molecule has 20 heavy (non-hydrogen) atoms. The van der Waals surface area contributed by atoms with Crippen molar-refractivity contribution >= 4 is 5.97 Å². The van der Waals surface area contributed by atoms with Gasteiger partial charge >= 0.3 is 5.97 Å². The molecule has 0 aromatic heterocycles. The molecule has 1 aromatic rings. The Balaban J connectivity index is 1.83. The van der Waals surface area contributed by atoms with Crippen LogP contribution in [-0.2, 0) is 9.53 Å². The van der Waals surface area contributed by atoms with E-state index >= 15 is 0 Å². The second-order valence-electron chi connectivity index (χ2n) is 4.76. The minimum atomic E-state index is -0.168. The first-order valence-corrected chi connectivity index (χ1v) is 6.90. The highest BCUT2D eigenvalue weighted by Gasteiger charge is 2.14. The van der Waals surface area contributed by atoms with Crippen LogP contribution in [0, 0.1) is 0 Å². The average molecular weight is 279 g/mol. The number of nitrogens with one attached hydrogen (secondary N) is 1. The number of methoxy groups -OCH3 is 1. The molecule has 0 aliphatic carbocycles. The van der Waals surface area contributed by atoms with Crippen LogP contribution < -0.4 is 14.8 Å². The zero-order valence-electron chi connectivity index (χ0n) is 12.0. The molecule has 0 amide bonds. The quantitative estimate of drug-likeness (QED) is 0.638. The third-order valence-electron chi connectivity index (χ3n) is 3.30. The lowest BCUT2D eigenvalue weighted by Gasteiger charge is -2.21. The number of rotatable bonds is 6. The summed E-state index contributed by atoms with van der Waals surface area (Å²) in [4.78, 5) is 11.0. The van der Waals surface area contributed by atoms with Crippen LogP contribution in [0.3, 0.4) is 0 Å². The van der Waals surface area contributed by atoms with Gasteiger partial charge in [-0.3, -0.25) is 4.79 Å². The van der Waals surface area contributed by atoms with Crippen LogP contribution in [0.2, 0.25) is 0 Å². The molecule has 0 bridgehead atoms. The van der Waals surface area contributed by atoms with Crippen LogP contribution in [0.5, 0.6) is 11.5 Å². The smallest absolute Gasteiger partial charge is 0.305 e. The van der Waals surface area contributed by atoms with Crippen LogP contribution in [0.1, 0.15) is 31.4 Å². The van der Waals surface area contributed by atoms with Crippen molar-refractivity contribution in [2.24, 2.45) is 0 Å². The van der Waals surface area contributed by atoms with Gasteiger partial charge in [0, 0.05) is 12.5 Å². The Morgan fingerprint density at radius 3 is 2.85 bits per heavy atom. The van der Waals surface area contributed by atoms with Gasteiger partial charge < -0.3 is 19.5 Å². The SMILES string of the molecule is COC(=O)CCCNC(C)c1ccc2c(c1)OCCO2. The zero-order valence-corrected chi connectivity index (χ0v) is 12.0. The number of carbonyl (C=O) groups excluding carboxylic acids is 1. The number of benzene rings is 1. The Morgan fingerprint density at radius 1 is 1.35 bits per heavy atom. The van der Waals surface area contributed by atoms with Gasteiger partial charge in [-0.2, -0.15) is 0 Å². The van der Waals surface area contributed by atoms with Gasteiger partial charge in [0.15, 0.2) is 11.5 Å². The first-order chi connectivity index (χ1) is 9.70. The lowest BCUT2D eigenvalue weighted by Crippen LogP contribution is -2.21. The standard InChI is InChI=1S/C15H21NO4/c1-11(16-7-3-4-15(17)18-2)12-5-6-13-14(10-12)20-9-8-19-13/h5-6,10-11,16H,3-4,7-9H2,1-2H3.